The molecule has 1 aromatic carbocycles. The molecule has 0 bridgehead atoms. The molecule has 0 radical (unpaired) electrons. The molecular formula is C14H13BrN4OS. The van der Waals surface area contributed by atoms with Crippen LogP contribution >= 0.6 is 27.3 Å². The van der Waals surface area contributed by atoms with Crippen molar-refractivity contribution in [3.63, 3.8) is 0 Å². The van der Waals surface area contributed by atoms with Crippen LogP contribution in [0, 0.1) is 0 Å². The highest BCUT2D eigenvalue weighted by molar-refractivity contribution is 9.10. The van der Waals surface area contributed by atoms with Crippen LogP contribution in [0.1, 0.15) is 11.9 Å². The Morgan fingerprint density at radius 3 is 3.00 bits per heavy atom. The van der Waals surface area contributed by atoms with Crippen LogP contribution in [0.25, 0.3) is 10.9 Å². The summed E-state index contributed by atoms with van der Waals surface area (Å²) in [5, 5.41) is 13.3. The van der Waals surface area contributed by atoms with Gasteiger partial charge in [0.25, 0.3) is 0 Å². The number of benzene rings is 1. The van der Waals surface area contributed by atoms with Crippen LogP contribution < -0.4 is 5.32 Å². The third-order valence-electron chi connectivity index (χ3n) is 3.06. The summed E-state index contributed by atoms with van der Waals surface area (Å²) < 4.78 is 2.94. The number of carbonyl (C=O) groups excluding carboxylic acids is 1. The van der Waals surface area contributed by atoms with Gasteiger partial charge in [0, 0.05) is 21.6 Å². The van der Waals surface area contributed by atoms with E-state index in [2.05, 4.69) is 31.4 Å². The van der Waals surface area contributed by atoms with Gasteiger partial charge in [0.2, 0.25) is 11.0 Å². The Kier molecular flexibility index (Phi) is 4.03. The molecule has 0 saturated heterocycles. The molecule has 0 unspecified atom stereocenters. The molecule has 7 heteroatoms. The summed E-state index contributed by atoms with van der Waals surface area (Å²) in [5.41, 5.74) is 1.03. The number of anilines is 1. The summed E-state index contributed by atoms with van der Waals surface area (Å²) in [4.78, 5) is 12.1. The van der Waals surface area contributed by atoms with Crippen molar-refractivity contribution in [1.29, 1.82) is 0 Å². The van der Waals surface area contributed by atoms with Crippen molar-refractivity contribution in [1.82, 2.24) is 14.8 Å². The molecule has 1 amide bonds. The molecule has 2 heterocycles. The fraction of sp³-hybridized carbons (Fsp3) is 0.214. The summed E-state index contributed by atoms with van der Waals surface area (Å²) in [7, 11) is 0. The Hall–Kier alpha value is -1.73. The van der Waals surface area contributed by atoms with E-state index in [1.54, 1.807) is 0 Å². The number of carbonyl (C=O) groups is 1. The average molecular weight is 365 g/mol. The van der Waals surface area contributed by atoms with Gasteiger partial charge in [0.1, 0.15) is 11.6 Å². The molecule has 0 aliphatic carbocycles. The second-order valence-corrected chi connectivity index (χ2v) is 6.53. The first-order chi connectivity index (χ1) is 10.2. The largest absolute Gasteiger partial charge is 0.338 e. The predicted octanol–water partition coefficient (Wildman–Crippen LogP) is 3.46. The summed E-state index contributed by atoms with van der Waals surface area (Å²) in [6, 6.07) is 7.98. The molecule has 0 aliphatic rings. The molecule has 0 atom stereocenters. The molecule has 1 N–H and O–H groups in total. The Bertz CT molecular complexity index is 795. The third-order valence-corrected chi connectivity index (χ3v) is 4.54. The lowest BCUT2D eigenvalue weighted by Crippen LogP contribution is -2.18. The van der Waals surface area contributed by atoms with E-state index in [0.29, 0.717) is 5.13 Å². The van der Waals surface area contributed by atoms with Gasteiger partial charge in [-0.2, -0.15) is 0 Å². The summed E-state index contributed by atoms with van der Waals surface area (Å²) in [6.07, 6.45) is 2.74. The van der Waals surface area contributed by atoms with Crippen molar-refractivity contribution in [3.8, 4) is 0 Å². The molecule has 5 nitrogen and oxygen atoms in total. The zero-order chi connectivity index (χ0) is 14.8. The minimum Gasteiger partial charge on any atom is -0.338 e. The number of aryl methyl sites for hydroxylation is 1. The minimum atomic E-state index is -0.103. The van der Waals surface area contributed by atoms with Gasteiger partial charge in [-0.3, -0.25) is 10.1 Å². The standard InChI is InChI=1S/C14H13BrN4OS/c1-2-13-17-18-14(21-13)16-12(20)8-19-6-5-9-7-10(15)3-4-11(9)19/h3-7H,2,8H2,1H3,(H,16,18,20). The highest BCUT2D eigenvalue weighted by Gasteiger charge is 2.09. The first-order valence-electron chi connectivity index (χ1n) is 6.52. The number of fused-ring (bicyclic) bond motifs is 1. The number of hydrogen-bond donors (Lipinski definition) is 1. The van der Waals surface area contributed by atoms with Crippen LogP contribution in [0.5, 0.6) is 0 Å². The van der Waals surface area contributed by atoms with E-state index in [0.717, 1.165) is 26.8 Å². The number of halogens is 1. The average Bonchev–Trinajstić information content (AvgIpc) is 3.06. The normalized spacial score (nSPS) is 11.0. The number of nitrogens with one attached hydrogen (secondary N) is 1. The third kappa shape index (κ3) is 3.14. The van der Waals surface area contributed by atoms with Gasteiger partial charge < -0.3 is 4.57 Å². The second kappa shape index (κ2) is 5.95. The highest BCUT2D eigenvalue weighted by Crippen LogP contribution is 2.21. The summed E-state index contributed by atoms with van der Waals surface area (Å²) in [6.45, 7) is 2.27. The Balaban J connectivity index is 1.74. The zero-order valence-electron chi connectivity index (χ0n) is 11.3. The number of nitrogens with zero attached hydrogens (tertiary/aromatic N) is 3. The molecule has 21 heavy (non-hydrogen) atoms. The maximum atomic E-state index is 12.1. The van der Waals surface area contributed by atoms with Crippen molar-refractivity contribution < 1.29 is 4.79 Å². The molecule has 3 aromatic rings. The van der Waals surface area contributed by atoms with Crippen LogP contribution in [-0.2, 0) is 17.8 Å². The lowest BCUT2D eigenvalue weighted by molar-refractivity contribution is -0.116. The van der Waals surface area contributed by atoms with Crippen LogP contribution in [-0.4, -0.2) is 20.7 Å². The van der Waals surface area contributed by atoms with Crippen molar-refractivity contribution in [2.24, 2.45) is 0 Å². The number of rotatable bonds is 4. The van der Waals surface area contributed by atoms with Gasteiger partial charge in [0.15, 0.2) is 0 Å². The zero-order valence-corrected chi connectivity index (χ0v) is 13.7. The first kappa shape index (κ1) is 14.2. The van der Waals surface area contributed by atoms with E-state index in [9.17, 15) is 4.79 Å². The fourth-order valence-corrected chi connectivity index (χ4v) is 3.14. The van der Waals surface area contributed by atoms with Crippen molar-refractivity contribution in [2.75, 3.05) is 5.32 Å². The molecule has 0 fully saturated rings. The maximum absolute atomic E-state index is 12.1. The van der Waals surface area contributed by atoms with Gasteiger partial charge in [-0.25, -0.2) is 0 Å². The molecule has 0 saturated carbocycles. The highest BCUT2D eigenvalue weighted by atomic mass is 79.9. The van der Waals surface area contributed by atoms with Gasteiger partial charge in [-0.15, -0.1) is 10.2 Å². The monoisotopic (exact) mass is 364 g/mol. The van der Waals surface area contributed by atoms with Crippen LogP contribution in [0.15, 0.2) is 34.9 Å². The number of amides is 1. The smallest absolute Gasteiger partial charge is 0.246 e. The fourth-order valence-electron chi connectivity index (χ4n) is 2.07. The van der Waals surface area contributed by atoms with E-state index in [-0.39, 0.29) is 12.5 Å². The molecular weight excluding hydrogens is 352 g/mol. The Labute approximate surface area is 134 Å². The molecule has 2 aromatic heterocycles. The van der Waals surface area contributed by atoms with Crippen LogP contribution in [0.2, 0.25) is 0 Å². The van der Waals surface area contributed by atoms with Crippen LogP contribution in [0.4, 0.5) is 5.13 Å². The van der Waals surface area contributed by atoms with E-state index < -0.39 is 0 Å². The first-order valence-corrected chi connectivity index (χ1v) is 8.13. The number of hydrogen-bond acceptors (Lipinski definition) is 4. The lowest BCUT2D eigenvalue weighted by Gasteiger charge is -2.05. The summed E-state index contributed by atoms with van der Waals surface area (Å²) in [5.74, 6) is -0.103. The quantitative estimate of drug-likeness (QED) is 0.770. The Morgan fingerprint density at radius 2 is 2.24 bits per heavy atom. The molecule has 3 rings (SSSR count). The SMILES string of the molecule is CCc1nnc(NC(=O)Cn2ccc3cc(Br)ccc32)s1. The van der Waals surface area contributed by atoms with Gasteiger partial charge in [0.05, 0.1) is 0 Å². The molecule has 0 spiro atoms. The lowest BCUT2D eigenvalue weighted by atomic mass is 10.2. The van der Waals surface area contributed by atoms with Crippen LogP contribution in [0.3, 0.4) is 0 Å². The Morgan fingerprint density at radius 1 is 1.38 bits per heavy atom. The topological polar surface area (TPSA) is 59.8 Å². The predicted molar refractivity (Wildman–Crippen MR) is 87.6 cm³/mol. The van der Waals surface area contributed by atoms with E-state index in [1.165, 1.54) is 11.3 Å². The van der Waals surface area contributed by atoms with E-state index >= 15 is 0 Å². The van der Waals surface area contributed by atoms with Gasteiger partial charge in [-0.05, 0) is 30.7 Å². The number of aromatic nitrogens is 3. The summed E-state index contributed by atoms with van der Waals surface area (Å²) >= 11 is 4.85. The second-order valence-electron chi connectivity index (χ2n) is 4.55. The van der Waals surface area contributed by atoms with Crippen molar-refractivity contribution >= 4 is 49.2 Å². The minimum absolute atomic E-state index is 0.103. The van der Waals surface area contributed by atoms with E-state index in [1.807, 2.05) is 42.0 Å². The maximum Gasteiger partial charge on any atom is 0.246 e. The van der Waals surface area contributed by atoms with Gasteiger partial charge in [-0.1, -0.05) is 34.2 Å². The molecule has 108 valence electrons. The van der Waals surface area contributed by atoms with Crippen molar-refractivity contribution in [2.45, 2.75) is 19.9 Å². The van der Waals surface area contributed by atoms with Gasteiger partial charge >= 0.3 is 0 Å². The van der Waals surface area contributed by atoms with Crippen molar-refractivity contribution in [3.05, 3.63) is 39.9 Å². The molecule has 0 aliphatic heterocycles. The van der Waals surface area contributed by atoms with E-state index in [4.69, 9.17) is 0 Å².